The fourth-order valence-corrected chi connectivity index (χ4v) is 1.90. The molecule has 7 heteroatoms. The molecule has 0 unspecified atom stereocenters. The first-order valence-corrected chi connectivity index (χ1v) is 6.54. The van der Waals surface area contributed by atoms with Crippen LogP contribution in [0, 0.1) is 6.92 Å². The third-order valence-corrected chi connectivity index (χ3v) is 3.10. The summed E-state index contributed by atoms with van der Waals surface area (Å²) < 4.78 is 0. The Morgan fingerprint density at radius 3 is 2.50 bits per heavy atom. The first-order valence-electron chi connectivity index (χ1n) is 6.54. The van der Waals surface area contributed by atoms with Gasteiger partial charge in [0.15, 0.2) is 0 Å². The van der Waals surface area contributed by atoms with Crippen molar-refractivity contribution in [1.29, 1.82) is 0 Å². The highest BCUT2D eigenvalue weighted by atomic mass is 16.2. The Hall–Kier alpha value is -1.99. The number of aryl methyl sites for hydroxylation is 1. The number of anilines is 1. The SMILES string of the molecule is Cc1cccc(NC(=O)C(=O)NN2CCN(C)CC2)n1. The van der Waals surface area contributed by atoms with E-state index in [0.29, 0.717) is 18.9 Å². The molecule has 1 fully saturated rings. The molecule has 2 heterocycles. The number of pyridine rings is 1. The summed E-state index contributed by atoms with van der Waals surface area (Å²) in [6, 6.07) is 5.24. The van der Waals surface area contributed by atoms with Gasteiger partial charge in [-0.1, -0.05) is 6.07 Å². The molecule has 20 heavy (non-hydrogen) atoms. The van der Waals surface area contributed by atoms with Crippen LogP contribution in [0.5, 0.6) is 0 Å². The first kappa shape index (κ1) is 14.4. The number of carbonyl (C=O) groups is 2. The Labute approximate surface area is 117 Å². The zero-order valence-electron chi connectivity index (χ0n) is 11.7. The van der Waals surface area contributed by atoms with Gasteiger partial charge in [-0.15, -0.1) is 0 Å². The highest BCUT2D eigenvalue weighted by molar-refractivity contribution is 6.39. The molecule has 0 spiro atoms. The topological polar surface area (TPSA) is 77.6 Å². The minimum absolute atomic E-state index is 0.378. The van der Waals surface area contributed by atoms with Crippen molar-refractivity contribution < 1.29 is 9.59 Å². The molecular formula is C13H19N5O2. The third kappa shape index (κ3) is 4.01. The highest BCUT2D eigenvalue weighted by Crippen LogP contribution is 2.03. The minimum Gasteiger partial charge on any atom is -0.304 e. The van der Waals surface area contributed by atoms with E-state index >= 15 is 0 Å². The van der Waals surface area contributed by atoms with E-state index in [1.54, 1.807) is 17.1 Å². The maximum Gasteiger partial charge on any atom is 0.323 e. The molecule has 0 bridgehead atoms. The lowest BCUT2D eigenvalue weighted by Crippen LogP contribution is -2.54. The third-order valence-electron chi connectivity index (χ3n) is 3.10. The van der Waals surface area contributed by atoms with Gasteiger partial charge in [-0.3, -0.25) is 15.0 Å². The normalized spacial score (nSPS) is 16.7. The summed E-state index contributed by atoms with van der Waals surface area (Å²) in [5, 5.41) is 4.24. The molecule has 1 aliphatic heterocycles. The summed E-state index contributed by atoms with van der Waals surface area (Å²) in [5.74, 6) is -0.997. The Bertz CT molecular complexity index is 497. The van der Waals surface area contributed by atoms with Gasteiger partial charge < -0.3 is 10.2 Å². The predicted molar refractivity (Wildman–Crippen MR) is 74.8 cm³/mol. The molecule has 0 aromatic carbocycles. The minimum atomic E-state index is -0.706. The van der Waals surface area contributed by atoms with Crippen LogP contribution in [0.25, 0.3) is 0 Å². The average molecular weight is 277 g/mol. The van der Waals surface area contributed by atoms with Gasteiger partial charge in [-0.2, -0.15) is 0 Å². The molecule has 1 aromatic heterocycles. The molecule has 1 aromatic rings. The monoisotopic (exact) mass is 277 g/mol. The van der Waals surface area contributed by atoms with Crippen molar-refractivity contribution in [2.24, 2.45) is 0 Å². The number of hydrogen-bond donors (Lipinski definition) is 2. The second-order valence-electron chi connectivity index (χ2n) is 4.85. The van der Waals surface area contributed by atoms with E-state index < -0.39 is 11.8 Å². The fraction of sp³-hybridized carbons (Fsp3) is 0.462. The number of rotatable bonds is 2. The number of amides is 2. The summed E-state index contributed by atoms with van der Waals surface area (Å²) in [5.41, 5.74) is 3.38. The molecule has 0 radical (unpaired) electrons. The van der Waals surface area contributed by atoms with Crippen LogP contribution < -0.4 is 10.7 Å². The summed E-state index contributed by atoms with van der Waals surface area (Å²) in [6.07, 6.45) is 0. The van der Waals surface area contributed by atoms with Crippen molar-refractivity contribution >= 4 is 17.6 Å². The molecule has 0 atom stereocenters. The maximum atomic E-state index is 11.8. The second kappa shape index (κ2) is 6.44. The standard InChI is InChI=1S/C13H19N5O2/c1-10-4-3-5-11(14-10)15-12(19)13(20)16-18-8-6-17(2)7-9-18/h3-5H,6-9H2,1-2H3,(H,16,20)(H,14,15,19). The van der Waals surface area contributed by atoms with E-state index in [4.69, 9.17) is 0 Å². The smallest absolute Gasteiger partial charge is 0.304 e. The van der Waals surface area contributed by atoms with Gasteiger partial charge >= 0.3 is 11.8 Å². The van der Waals surface area contributed by atoms with Crippen LogP contribution in [0.3, 0.4) is 0 Å². The van der Waals surface area contributed by atoms with Gasteiger partial charge in [-0.25, -0.2) is 9.99 Å². The maximum absolute atomic E-state index is 11.8. The zero-order valence-corrected chi connectivity index (χ0v) is 11.7. The second-order valence-corrected chi connectivity index (χ2v) is 4.85. The summed E-state index contributed by atoms with van der Waals surface area (Å²) in [4.78, 5) is 29.8. The van der Waals surface area contributed by atoms with E-state index in [-0.39, 0.29) is 0 Å². The van der Waals surface area contributed by atoms with Gasteiger partial charge in [-0.05, 0) is 26.1 Å². The van der Waals surface area contributed by atoms with Crippen molar-refractivity contribution in [2.45, 2.75) is 6.92 Å². The van der Waals surface area contributed by atoms with Crippen LogP contribution in [0.4, 0.5) is 5.82 Å². The lowest BCUT2D eigenvalue weighted by Gasteiger charge is -2.32. The van der Waals surface area contributed by atoms with Crippen molar-refractivity contribution in [1.82, 2.24) is 20.3 Å². The molecule has 2 rings (SSSR count). The van der Waals surface area contributed by atoms with Gasteiger partial charge in [0.2, 0.25) is 0 Å². The van der Waals surface area contributed by atoms with Crippen LogP contribution in [0.1, 0.15) is 5.69 Å². The molecule has 2 amide bonds. The summed E-state index contributed by atoms with van der Waals surface area (Å²) in [7, 11) is 2.02. The van der Waals surface area contributed by atoms with Crippen molar-refractivity contribution in [3.63, 3.8) is 0 Å². The van der Waals surface area contributed by atoms with Gasteiger partial charge in [0.05, 0.1) is 0 Å². The highest BCUT2D eigenvalue weighted by Gasteiger charge is 2.20. The number of hydrogen-bond acceptors (Lipinski definition) is 5. The van der Waals surface area contributed by atoms with E-state index in [9.17, 15) is 9.59 Å². The number of likely N-dealkylation sites (N-methyl/N-ethyl adjacent to an activating group) is 1. The molecule has 0 saturated carbocycles. The molecule has 1 saturated heterocycles. The molecule has 0 aliphatic carbocycles. The zero-order chi connectivity index (χ0) is 14.5. The molecule has 1 aliphatic rings. The van der Waals surface area contributed by atoms with Gasteiger partial charge in [0.1, 0.15) is 5.82 Å². The van der Waals surface area contributed by atoms with Crippen molar-refractivity contribution in [3.05, 3.63) is 23.9 Å². The fourth-order valence-electron chi connectivity index (χ4n) is 1.90. The molecule has 108 valence electrons. The van der Waals surface area contributed by atoms with Crippen LogP contribution in [0.2, 0.25) is 0 Å². The Kier molecular flexibility index (Phi) is 4.65. The number of hydrazine groups is 1. The number of aromatic nitrogens is 1. The Morgan fingerprint density at radius 2 is 1.85 bits per heavy atom. The number of carbonyl (C=O) groups excluding carboxylic acids is 2. The van der Waals surface area contributed by atoms with Crippen LogP contribution in [-0.2, 0) is 9.59 Å². The average Bonchev–Trinajstić information content (AvgIpc) is 2.41. The number of nitrogens with one attached hydrogen (secondary N) is 2. The number of piperazine rings is 1. The lowest BCUT2D eigenvalue weighted by molar-refractivity contribution is -0.139. The number of nitrogens with zero attached hydrogens (tertiary/aromatic N) is 3. The van der Waals surface area contributed by atoms with E-state index in [1.165, 1.54) is 0 Å². The summed E-state index contributed by atoms with van der Waals surface area (Å²) >= 11 is 0. The van der Waals surface area contributed by atoms with Gasteiger partial charge in [0, 0.05) is 31.9 Å². The van der Waals surface area contributed by atoms with Gasteiger partial charge in [0.25, 0.3) is 0 Å². The first-order chi connectivity index (χ1) is 9.54. The predicted octanol–water partition coefficient (Wildman–Crippen LogP) is -0.393. The van der Waals surface area contributed by atoms with E-state index in [2.05, 4.69) is 20.6 Å². The quantitative estimate of drug-likeness (QED) is 0.720. The summed E-state index contributed by atoms with van der Waals surface area (Å²) in [6.45, 7) is 4.96. The van der Waals surface area contributed by atoms with Crippen LogP contribution in [-0.4, -0.2) is 59.9 Å². The Morgan fingerprint density at radius 1 is 1.15 bits per heavy atom. The Balaban J connectivity index is 1.84. The van der Waals surface area contributed by atoms with E-state index in [1.807, 2.05) is 20.0 Å². The van der Waals surface area contributed by atoms with Crippen molar-refractivity contribution in [2.75, 3.05) is 38.5 Å². The largest absolute Gasteiger partial charge is 0.323 e. The molecule has 2 N–H and O–H groups in total. The molecular weight excluding hydrogens is 258 g/mol. The van der Waals surface area contributed by atoms with Crippen LogP contribution in [0.15, 0.2) is 18.2 Å². The lowest BCUT2D eigenvalue weighted by atomic mass is 10.3. The molecule has 7 nitrogen and oxygen atoms in total. The van der Waals surface area contributed by atoms with Crippen molar-refractivity contribution in [3.8, 4) is 0 Å². The van der Waals surface area contributed by atoms with Crippen LogP contribution >= 0.6 is 0 Å². The van der Waals surface area contributed by atoms with E-state index in [0.717, 1.165) is 18.8 Å².